The van der Waals surface area contributed by atoms with Crippen molar-refractivity contribution in [1.82, 2.24) is 0 Å². The molecule has 399 valence electrons. The van der Waals surface area contributed by atoms with Crippen LogP contribution in [0.2, 0.25) is 78.1 Å². The zero-order chi connectivity index (χ0) is 48.5. The number of hydrogen-bond donors (Lipinski definition) is 0. The Morgan fingerprint density at radius 2 is 0.386 bits per heavy atom. The molecule has 10 fully saturated rings. The Kier molecular flexibility index (Phi) is 18.5. The summed E-state index contributed by atoms with van der Waals surface area (Å²) in [5.41, 5.74) is 0.449. The van der Waals surface area contributed by atoms with E-state index in [1.54, 1.807) is 0 Å². The second-order valence-corrected chi connectivity index (χ2v) is 53.9. The van der Waals surface area contributed by atoms with Gasteiger partial charge in [0.2, 0.25) is 0 Å². The zero-order valence-electron chi connectivity index (χ0n) is 44.7. The minimum Gasteiger partial charge on any atom is -0.416 e. The van der Waals surface area contributed by atoms with E-state index in [1.807, 2.05) is 0 Å². The van der Waals surface area contributed by atoms with Gasteiger partial charge in [-0.3, -0.25) is 0 Å². The van der Waals surface area contributed by atoms with E-state index in [-0.39, 0.29) is 38.8 Å². The highest BCUT2D eigenvalue weighted by Crippen LogP contribution is 2.62. The summed E-state index contributed by atoms with van der Waals surface area (Å²) in [5, 5.41) is 0. The van der Waals surface area contributed by atoms with Gasteiger partial charge in [-0.1, -0.05) is 135 Å². The second-order valence-electron chi connectivity index (χ2n) is 24.5. The lowest BCUT2D eigenvalue weighted by Gasteiger charge is -2.64. The van der Waals surface area contributed by atoms with E-state index in [2.05, 4.69) is 39.3 Å². The normalized spacial score (nSPS) is 41.6. The van der Waals surface area contributed by atoms with Crippen LogP contribution in [0.1, 0.15) is 225 Å². The summed E-state index contributed by atoms with van der Waals surface area (Å²) in [6, 6.07) is 0. The number of hydrogen-bond acceptors (Lipinski definition) is 12. The first kappa shape index (κ1) is 55.0. The van der Waals surface area contributed by atoms with Crippen molar-refractivity contribution in [3.63, 3.8) is 0 Å². The molecule has 0 N–H and O–H groups in total. The number of rotatable bonds is 13. The van der Waals surface area contributed by atoms with Crippen molar-refractivity contribution in [2.24, 2.45) is 0 Å². The SMILES string of the molecule is C[Si](C)O[Si]1(C2CCCCC2)O[Si]2(C3CCCCC3)O[Si](O[Si](C)C)(C3CCCCC3)O[Si]3(C4CCCCC4)O[Si](O[Si](C)C)(C4CCCCC4)O[Si](C4CCCCC4)(O1)O[Si](C1CCCCC1)(O2)O3. The molecule has 3 heterocycles. The van der Waals surface area contributed by atoms with Gasteiger partial charge in [-0.15, -0.1) is 0 Å². The van der Waals surface area contributed by atoms with Gasteiger partial charge >= 0.3 is 61.6 Å². The molecule has 7 aliphatic carbocycles. The van der Waals surface area contributed by atoms with E-state index in [1.165, 1.54) is 44.9 Å². The average molecular weight is 1150 g/mol. The molecule has 0 amide bonds. The molecular weight excluding hydrogens is 1050 g/mol. The third-order valence-electron chi connectivity index (χ3n) is 18.3. The van der Waals surface area contributed by atoms with Crippen LogP contribution in [0.15, 0.2) is 0 Å². The first-order valence-corrected chi connectivity index (χ1v) is 49.5. The van der Waals surface area contributed by atoms with Crippen LogP contribution in [0.3, 0.4) is 0 Å². The van der Waals surface area contributed by atoms with E-state index in [4.69, 9.17) is 49.4 Å². The second kappa shape index (κ2) is 23.6. The largest absolute Gasteiger partial charge is 0.482 e. The van der Waals surface area contributed by atoms with Gasteiger partial charge in [0.15, 0.2) is 27.1 Å². The van der Waals surface area contributed by atoms with Crippen LogP contribution in [-0.2, 0) is 49.4 Å². The fraction of sp³-hybridized carbons (Fsp3) is 1.00. The van der Waals surface area contributed by atoms with Gasteiger partial charge in [0, 0.05) is 38.8 Å². The van der Waals surface area contributed by atoms with Crippen molar-refractivity contribution in [2.45, 2.75) is 303 Å². The van der Waals surface area contributed by atoms with Crippen molar-refractivity contribution in [1.29, 1.82) is 0 Å². The van der Waals surface area contributed by atoms with Gasteiger partial charge in [-0.25, -0.2) is 0 Å². The molecule has 0 spiro atoms. The van der Waals surface area contributed by atoms with Crippen LogP contribution < -0.4 is 0 Å². The van der Waals surface area contributed by atoms with Crippen molar-refractivity contribution in [2.75, 3.05) is 0 Å². The van der Waals surface area contributed by atoms with Gasteiger partial charge in [-0.2, -0.15) is 0 Å². The summed E-state index contributed by atoms with van der Waals surface area (Å²) in [7, 11) is -32.1. The van der Waals surface area contributed by atoms with E-state index in [0.29, 0.717) is 0 Å². The van der Waals surface area contributed by atoms with E-state index >= 15 is 0 Å². The highest BCUT2D eigenvalue weighted by Gasteiger charge is 2.83. The molecule has 0 aromatic heterocycles. The summed E-state index contributed by atoms with van der Waals surface area (Å²) in [4.78, 5) is 0. The highest BCUT2D eigenvalue weighted by molar-refractivity contribution is 7.01. The van der Waals surface area contributed by atoms with Crippen LogP contribution in [0.5, 0.6) is 0 Å². The van der Waals surface area contributed by atoms with Crippen molar-refractivity contribution in [3.05, 3.63) is 0 Å². The maximum absolute atomic E-state index is 8.86. The molecular formula is C48H95O12Si10. The first-order valence-electron chi connectivity index (χ1n) is 29.6. The molecule has 3 radical (unpaired) electrons. The van der Waals surface area contributed by atoms with Crippen molar-refractivity contribution >= 4 is 88.8 Å². The van der Waals surface area contributed by atoms with Crippen LogP contribution in [0, 0.1) is 0 Å². The summed E-state index contributed by atoms with van der Waals surface area (Å²) in [6.07, 6.45) is 38.3. The van der Waals surface area contributed by atoms with Crippen LogP contribution >= 0.6 is 0 Å². The van der Waals surface area contributed by atoms with E-state index in [9.17, 15) is 0 Å². The summed E-state index contributed by atoms with van der Waals surface area (Å²) in [5.74, 6) is 0. The van der Waals surface area contributed by atoms with Crippen molar-refractivity contribution < 1.29 is 49.4 Å². The molecule has 22 heteroatoms. The van der Waals surface area contributed by atoms with E-state index < -0.39 is 88.8 Å². The van der Waals surface area contributed by atoms with E-state index in [0.717, 1.165) is 180 Å². The zero-order valence-corrected chi connectivity index (χ0v) is 54.7. The molecule has 0 unspecified atom stereocenters. The quantitative estimate of drug-likeness (QED) is 0.164. The molecule has 4 bridgehead atoms. The summed E-state index contributed by atoms with van der Waals surface area (Å²) in [6.45, 7) is 13.8. The van der Waals surface area contributed by atoms with Gasteiger partial charge in [0.25, 0.3) is 0 Å². The molecule has 10 rings (SSSR count). The molecule has 0 aromatic carbocycles. The fourth-order valence-electron chi connectivity index (χ4n) is 15.0. The monoisotopic (exact) mass is 1140 g/mol. The minimum absolute atomic E-state index is 0.0412. The third kappa shape index (κ3) is 11.6. The lowest BCUT2D eigenvalue weighted by atomic mass is 10.0. The Balaban J connectivity index is 1.33. The van der Waals surface area contributed by atoms with Crippen molar-refractivity contribution in [3.8, 4) is 0 Å². The Morgan fingerprint density at radius 1 is 0.229 bits per heavy atom. The smallest absolute Gasteiger partial charge is 0.416 e. The molecule has 7 saturated carbocycles. The average Bonchev–Trinajstić information content (AvgIpc) is 3.36. The summed E-state index contributed by atoms with van der Waals surface area (Å²) >= 11 is 0. The van der Waals surface area contributed by atoms with Crippen LogP contribution in [-0.4, -0.2) is 88.8 Å². The standard InChI is InChI=1S/C48H95O12Si10/c1-61(2)49-64(42-28-14-7-15-29-42)52-67(45-34-20-10-21-35-45)54-65(50-62(3)4,43-30-16-8-17-31-43)56-69(47-38-24-12-25-39-47)57-66(51-63(5)6,44-32-18-9-19-33-44)55-68(53-64,46-36-22-11-23-37-46)59-70(58-67,60-69)48-40-26-13-27-41-48/h42-48H,7-41H2,1-6H3. The van der Waals surface area contributed by atoms with Crippen LogP contribution in [0.4, 0.5) is 0 Å². The molecule has 70 heavy (non-hydrogen) atoms. The lowest BCUT2D eigenvalue weighted by Crippen LogP contribution is -2.86. The molecule has 3 saturated heterocycles. The first-order chi connectivity index (χ1) is 33.8. The Hall–Kier alpha value is 1.69. The fourth-order valence-corrected chi connectivity index (χ4v) is 69.3. The van der Waals surface area contributed by atoms with Crippen LogP contribution in [0.25, 0.3) is 0 Å². The molecule has 12 nitrogen and oxygen atoms in total. The third-order valence-corrected chi connectivity index (χ3v) is 58.2. The Morgan fingerprint density at radius 3 is 0.557 bits per heavy atom. The van der Waals surface area contributed by atoms with Gasteiger partial charge < -0.3 is 49.4 Å². The lowest BCUT2D eigenvalue weighted by molar-refractivity contribution is -0.0131. The molecule has 0 atom stereocenters. The topological polar surface area (TPSA) is 111 Å². The number of fused-ring (bicyclic) bond motifs is 3. The predicted molar refractivity (Wildman–Crippen MR) is 294 cm³/mol. The van der Waals surface area contributed by atoms with Gasteiger partial charge in [-0.05, 0) is 129 Å². The van der Waals surface area contributed by atoms with Gasteiger partial charge in [0.1, 0.15) is 0 Å². The molecule has 3 aliphatic heterocycles. The molecule has 10 aliphatic rings. The Labute approximate surface area is 438 Å². The minimum atomic E-state index is -4.06. The van der Waals surface area contributed by atoms with Gasteiger partial charge in [0.05, 0.1) is 0 Å². The predicted octanol–water partition coefficient (Wildman–Crippen LogP) is 14.9. The molecule has 0 aromatic rings. The maximum atomic E-state index is 8.86. The maximum Gasteiger partial charge on any atom is 0.482 e. The highest BCUT2D eigenvalue weighted by atomic mass is 28.6. The summed E-state index contributed by atoms with van der Waals surface area (Å²) < 4.78 is 103. The Bertz CT molecular complexity index is 1470.